The zero-order valence-electron chi connectivity index (χ0n) is 9.18. The highest BCUT2D eigenvalue weighted by molar-refractivity contribution is 5.76. The van der Waals surface area contributed by atoms with Crippen molar-refractivity contribution in [3.05, 3.63) is 0 Å². The third-order valence-electron chi connectivity index (χ3n) is 2.50. The van der Waals surface area contributed by atoms with E-state index in [-0.39, 0.29) is 11.8 Å². The first-order chi connectivity index (χ1) is 5.89. The lowest BCUT2D eigenvalue weighted by molar-refractivity contribution is -0.121. The van der Waals surface area contributed by atoms with Gasteiger partial charge in [0.25, 0.3) is 0 Å². The van der Waals surface area contributed by atoms with E-state index < -0.39 is 0 Å². The van der Waals surface area contributed by atoms with Crippen LogP contribution in [0.25, 0.3) is 0 Å². The van der Waals surface area contributed by atoms with Crippen LogP contribution in [0.3, 0.4) is 0 Å². The molecule has 1 amide bonds. The molecule has 0 rings (SSSR count). The number of hydrogen-bond donors (Lipinski definition) is 2. The molecular formula is C10H22N2O. The van der Waals surface area contributed by atoms with Crippen LogP contribution in [0.2, 0.25) is 0 Å². The van der Waals surface area contributed by atoms with E-state index in [1.54, 1.807) is 0 Å². The molecule has 0 spiro atoms. The summed E-state index contributed by atoms with van der Waals surface area (Å²) in [5, 5.41) is 3.26. The molecule has 0 saturated heterocycles. The van der Waals surface area contributed by atoms with Gasteiger partial charge in [-0.05, 0) is 11.8 Å². The van der Waals surface area contributed by atoms with E-state index in [1.807, 2.05) is 6.92 Å². The summed E-state index contributed by atoms with van der Waals surface area (Å²) in [4.78, 5) is 10.7. The number of carbonyl (C=O) groups is 1. The molecule has 0 aromatic heterocycles. The lowest BCUT2D eigenvalue weighted by Crippen LogP contribution is -2.36. The first kappa shape index (κ1) is 12.4. The molecule has 78 valence electrons. The van der Waals surface area contributed by atoms with Crippen LogP contribution in [-0.4, -0.2) is 19.0 Å². The van der Waals surface area contributed by atoms with Gasteiger partial charge in [0, 0.05) is 19.0 Å². The molecule has 0 heterocycles. The van der Waals surface area contributed by atoms with Crippen LogP contribution >= 0.6 is 0 Å². The largest absolute Gasteiger partial charge is 0.369 e. The summed E-state index contributed by atoms with van der Waals surface area (Å²) >= 11 is 0. The second-order valence-corrected chi connectivity index (χ2v) is 4.45. The van der Waals surface area contributed by atoms with Gasteiger partial charge in [0.1, 0.15) is 0 Å². The highest BCUT2D eigenvalue weighted by Crippen LogP contribution is 2.17. The van der Waals surface area contributed by atoms with Crippen molar-refractivity contribution < 1.29 is 4.79 Å². The molecule has 0 bridgehead atoms. The summed E-state index contributed by atoms with van der Waals surface area (Å²) in [6, 6.07) is 0. The van der Waals surface area contributed by atoms with Crippen molar-refractivity contribution in [1.29, 1.82) is 0 Å². The van der Waals surface area contributed by atoms with E-state index in [9.17, 15) is 4.79 Å². The Kier molecular flexibility index (Phi) is 4.99. The van der Waals surface area contributed by atoms with Crippen molar-refractivity contribution in [1.82, 2.24) is 5.32 Å². The average molecular weight is 186 g/mol. The van der Waals surface area contributed by atoms with Crippen LogP contribution in [-0.2, 0) is 4.79 Å². The van der Waals surface area contributed by atoms with Crippen molar-refractivity contribution in [2.45, 2.75) is 34.1 Å². The van der Waals surface area contributed by atoms with Gasteiger partial charge >= 0.3 is 0 Å². The van der Waals surface area contributed by atoms with Gasteiger partial charge < -0.3 is 11.1 Å². The molecule has 0 aliphatic heterocycles. The van der Waals surface area contributed by atoms with E-state index in [2.05, 4.69) is 26.1 Å². The molecule has 0 aliphatic carbocycles. The normalized spacial score (nSPS) is 14.2. The van der Waals surface area contributed by atoms with Gasteiger partial charge in [0.15, 0.2) is 0 Å². The predicted octanol–water partition coefficient (Wildman–Crippen LogP) is 1.13. The van der Waals surface area contributed by atoms with E-state index in [0.717, 1.165) is 13.0 Å². The van der Waals surface area contributed by atoms with Gasteiger partial charge in [0.05, 0.1) is 0 Å². The Hall–Kier alpha value is -0.570. The molecule has 3 N–H and O–H groups in total. The van der Waals surface area contributed by atoms with Gasteiger partial charge in [-0.1, -0.05) is 27.7 Å². The number of rotatable bonds is 6. The molecule has 3 nitrogen and oxygen atoms in total. The molecule has 13 heavy (non-hydrogen) atoms. The Morgan fingerprint density at radius 2 is 2.08 bits per heavy atom. The highest BCUT2D eigenvalue weighted by Gasteiger charge is 2.15. The van der Waals surface area contributed by atoms with Crippen molar-refractivity contribution >= 4 is 5.91 Å². The molecule has 3 heteroatoms. The van der Waals surface area contributed by atoms with E-state index in [1.165, 1.54) is 0 Å². The van der Waals surface area contributed by atoms with Gasteiger partial charge in [-0.2, -0.15) is 0 Å². The Morgan fingerprint density at radius 3 is 2.46 bits per heavy atom. The van der Waals surface area contributed by atoms with E-state index >= 15 is 0 Å². The van der Waals surface area contributed by atoms with Crippen LogP contribution in [0.15, 0.2) is 0 Å². The van der Waals surface area contributed by atoms with Crippen LogP contribution in [0.1, 0.15) is 34.1 Å². The molecule has 1 unspecified atom stereocenters. The molecule has 0 aromatic carbocycles. The topological polar surface area (TPSA) is 55.1 Å². The fraction of sp³-hybridized carbons (Fsp3) is 0.900. The molecule has 0 radical (unpaired) electrons. The van der Waals surface area contributed by atoms with Crippen LogP contribution in [0.4, 0.5) is 0 Å². The van der Waals surface area contributed by atoms with Gasteiger partial charge in [0.2, 0.25) is 5.91 Å². The van der Waals surface area contributed by atoms with Gasteiger partial charge in [-0.15, -0.1) is 0 Å². The highest BCUT2D eigenvalue weighted by atomic mass is 16.1. The SMILES string of the molecule is CCC(C)(C)CNCC(C)C(N)=O. The second kappa shape index (κ2) is 5.22. The standard InChI is InChI=1S/C10H22N2O/c1-5-10(3,4)7-12-6-8(2)9(11)13/h8,12H,5-7H2,1-4H3,(H2,11,13). The summed E-state index contributed by atoms with van der Waals surface area (Å²) < 4.78 is 0. The van der Waals surface area contributed by atoms with Crippen molar-refractivity contribution in [2.75, 3.05) is 13.1 Å². The minimum atomic E-state index is -0.234. The van der Waals surface area contributed by atoms with Crippen LogP contribution < -0.4 is 11.1 Å². The lowest BCUT2D eigenvalue weighted by atomic mass is 9.90. The molecule has 0 aromatic rings. The maximum atomic E-state index is 10.7. The fourth-order valence-electron chi connectivity index (χ4n) is 0.853. The lowest BCUT2D eigenvalue weighted by Gasteiger charge is -2.23. The quantitative estimate of drug-likeness (QED) is 0.653. The average Bonchev–Trinajstić information content (AvgIpc) is 2.04. The smallest absolute Gasteiger partial charge is 0.221 e. The number of primary amides is 1. The predicted molar refractivity (Wildman–Crippen MR) is 55.3 cm³/mol. The first-order valence-corrected chi connectivity index (χ1v) is 4.89. The molecule has 0 fully saturated rings. The monoisotopic (exact) mass is 186 g/mol. The Balaban J connectivity index is 3.62. The van der Waals surface area contributed by atoms with Crippen LogP contribution in [0.5, 0.6) is 0 Å². The Bertz CT molecular complexity index is 166. The minimum absolute atomic E-state index is 0.0762. The van der Waals surface area contributed by atoms with Crippen molar-refractivity contribution in [3.8, 4) is 0 Å². The minimum Gasteiger partial charge on any atom is -0.369 e. The third kappa shape index (κ3) is 5.64. The van der Waals surface area contributed by atoms with Gasteiger partial charge in [-0.3, -0.25) is 4.79 Å². The molecule has 1 atom stereocenters. The molecule has 0 aliphatic rings. The molecule has 0 saturated carbocycles. The molecular weight excluding hydrogens is 164 g/mol. The number of carbonyl (C=O) groups excluding carboxylic acids is 1. The first-order valence-electron chi connectivity index (χ1n) is 4.89. The summed E-state index contributed by atoms with van der Waals surface area (Å²) in [7, 11) is 0. The van der Waals surface area contributed by atoms with E-state index in [4.69, 9.17) is 5.73 Å². The maximum absolute atomic E-state index is 10.7. The summed E-state index contributed by atoms with van der Waals surface area (Å²) in [6.45, 7) is 10.0. The fourth-order valence-corrected chi connectivity index (χ4v) is 0.853. The van der Waals surface area contributed by atoms with Gasteiger partial charge in [-0.25, -0.2) is 0 Å². The second-order valence-electron chi connectivity index (χ2n) is 4.45. The van der Waals surface area contributed by atoms with E-state index in [0.29, 0.717) is 12.0 Å². The zero-order valence-corrected chi connectivity index (χ0v) is 9.18. The number of nitrogens with one attached hydrogen (secondary N) is 1. The Labute approximate surface area is 81.1 Å². The number of hydrogen-bond acceptors (Lipinski definition) is 2. The number of amides is 1. The summed E-state index contributed by atoms with van der Waals surface area (Å²) in [5.74, 6) is -0.311. The van der Waals surface area contributed by atoms with Crippen molar-refractivity contribution in [2.24, 2.45) is 17.1 Å². The van der Waals surface area contributed by atoms with Crippen LogP contribution in [0, 0.1) is 11.3 Å². The zero-order chi connectivity index (χ0) is 10.5. The third-order valence-corrected chi connectivity index (χ3v) is 2.50. The van der Waals surface area contributed by atoms with Crippen molar-refractivity contribution in [3.63, 3.8) is 0 Å². The maximum Gasteiger partial charge on any atom is 0.221 e. The summed E-state index contributed by atoms with van der Waals surface area (Å²) in [5.41, 5.74) is 5.44. The summed E-state index contributed by atoms with van der Waals surface area (Å²) in [6.07, 6.45) is 1.13. The number of nitrogens with two attached hydrogens (primary N) is 1. The Morgan fingerprint density at radius 1 is 1.54 bits per heavy atom.